The molecule has 1 aliphatic heterocycles. The number of hydrogen-bond donors (Lipinski definition) is 1. The van der Waals surface area contributed by atoms with Crippen molar-refractivity contribution in [1.82, 2.24) is 10.3 Å². The third kappa shape index (κ3) is 3.96. The van der Waals surface area contributed by atoms with Crippen LogP contribution in [0.3, 0.4) is 0 Å². The van der Waals surface area contributed by atoms with Gasteiger partial charge in [-0.1, -0.05) is 18.2 Å². The highest BCUT2D eigenvalue weighted by Crippen LogP contribution is 2.23. The maximum atomic E-state index is 12.4. The van der Waals surface area contributed by atoms with E-state index in [0.717, 1.165) is 35.9 Å². The summed E-state index contributed by atoms with van der Waals surface area (Å²) in [7, 11) is 0. The summed E-state index contributed by atoms with van der Waals surface area (Å²) in [6.07, 6.45) is 2.03. The van der Waals surface area contributed by atoms with Gasteiger partial charge in [-0.2, -0.15) is 0 Å². The minimum absolute atomic E-state index is 0.0637. The zero-order valence-corrected chi connectivity index (χ0v) is 14.5. The van der Waals surface area contributed by atoms with Crippen LogP contribution in [-0.4, -0.2) is 42.7 Å². The van der Waals surface area contributed by atoms with Crippen LogP contribution in [0.1, 0.15) is 34.5 Å². The van der Waals surface area contributed by atoms with E-state index in [2.05, 4.69) is 10.3 Å². The van der Waals surface area contributed by atoms with Gasteiger partial charge in [0, 0.05) is 18.5 Å². The molecule has 2 heterocycles. The molecule has 3 rings (SSSR count). The number of ether oxygens (including phenoxy) is 2. The molecule has 6 nitrogen and oxygen atoms in total. The lowest BCUT2D eigenvalue weighted by molar-refractivity contribution is -0.124. The molecule has 132 valence electrons. The van der Waals surface area contributed by atoms with Crippen LogP contribution in [-0.2, 0) is 14.3 Å². The number of benzene rings is 1. The van der Waals surface area contributed by atoms with Crippen molar-refractivity contribution in [3.63, 3.8) is 0 Å². The lowest BCUT2D eigenvalue weighted by Gasteiger charge is -2.13. The fraction of sp³-hybridized carbons (Fsp3) is 0.421. The van der Waals surface area contributed by atoms with E-state index >= 15 is 0 Å². The molecule has 1 saturated heterocycles. The van der Waals surface area contributed by atoms with Gasteiger partial charge in [0.05, 0.1) is 22.9 Å². The summed E-state index contributed by atoms with van der Waals surface area (Å²) >= 11 is 0. The Morgan fingerprint density at radius 2 is 2.12 bits per heavy atom. The number of aryl methyl sites for hydroxylation is 2. The third-order valence-corrected chi connectivity index (χ3v) is 4.42. The molecule has 1 N–H and O–H groups in total. The van der Waals surface area contributed by atoms with E-state index in [9.17, 15) is 9.59 Å². The molecule has 1 aromatic heterocycles. The Balaban J connectivity index is 1.63. The van der Waals surface area contributed by atoms with Crippen molar-refractivity contribution in [2.45, 2.75) is 32.8 Å². The highest BCUT2D eigenvalue weighted by Gasteiger charge is 2.20. The van der Waals surface area contributed by atoms with Crippen LogP contribution in [0, 0.1) is 13.8 Å². The van der Waals surface area contributed by atoms with Crippen molar-refractivity contribution in [3.05, 3.63) is 41.1 Å². The molecule has 0 saturated carbocycles. The Morgan fingerprint density at radius 1 is 1.32 bits per heavy atom. The average molecular weight is 342 g/mol. The number of nitrogens with zero attached hydrogens (tertiary/aromatic N) is 1. The fourth-order valence-corrected chi connectivity index (χ4v) is 3.12. The van der Waals surface area contributed by atoms with Gasteiger partial charge in [-0.25, -0.2) is 4.79 Å². The Morgan fingerprint density at radius 3 is 2.88 bits per heavy atom. The zero-order chi connectivity index (χ0) is 17.8. The van der Waals surface area contributed by atoms with Crippen molar-refractivity contribution in [3.8, 4) is 0 Å². The van der Waals surface area contributed by atoms with E-state index in [-0.39, 0.29) is 18.6 Å². The van der Waals surface area contributed by atoms with Crippen LogP contribution in [0.4, 0.5) is 0 Å². The lowest BCUT2D eigenvalue weighted by atomic mass is 10.0. The van der Waals surface area contributed by atoms with Gasteiger partial charge in [0.1, 0.15) is 0 Å². The predicted octanol–water partition coefficient (Wildman–Crippen LogP) is 2.30. The number of carbonyl (C=O) groups excluding carboxylic acids is 2. The number of fused-ring (bicyclic) bond motifs is 1. The lowest BCUT2D eigenvalue weighted by Crippen LogP contribution is -2.35. The zero-order valence-electron chi connectivity index (χ0n) is 14.5. The summed E-state index contributed by atoms with van der Waals surface area (Å²) < 4.78 is 10.6. The van der Waals surface area contributed by atoms with Crippen LogP contribution in [0.15, 0.2) is 24.3 Å². The van der Waals surface area contributed by atoms with Crippen molar-refractivity contribution < 1.29 is 19.1 Å². The molecule has 0 aliphatic carbocycles. The average Bonchev–Trinajstić information content (AvgIpc) is 3.11. The van der Waals surface area contributed by atoms with Crippen LogP contribution in [0.5, 0.6) is 0 Å². The Hall–Kier alpha value is -2.47. The van der Waals surface area contributed by atoms with Gasteiger partial charge in [0.2, 0.25) is 0 Å². The minimum Gasteiger partial charge on any atom is -0.452 e. The first kappa shape index (κ1) is 17.4. The van der Waals surface area contributed by atoms with E-state index in [4.69, 9.17) is 9.47 Å². The number of aromatic nitrogens is 1. The van der Waals surface area contributed by atoms with Crippen molar-refractivity contribution in [2.24, 2.45) is 0 Å². The molecule has 1 aromatic carbocycles. The Bertz CT molecular complexity index is 797. The standard InChI is InChI=1S/C19H22N2O4/c1-12-15-7-3-4-8-16(15)21-13(2)18(12)19(23)25-11-17(22)20-10-14-6-5-9-24-14/h3-4,7-8,14H,5-6,9-11H2,1-2H3,(H,20,22). The molecule has 1 amide bonds. The molecular formula is C19H22N2O4. The molecular weight excluding hydrogens is 320 g/mol. The number of amides is 1. The maximum Gasteiger partial charge on any atom is 0.340 e. The van der Waals surface area contributed by atoms with E-state index in [1.165, 1.54) is 0 Å². The van der Waals surface area contributed by atoms with Crippen LogP contribution < -0.4 is 5.32 Å². The summed E-state index contributed by atoms with van der Waals surface area (Å²) in [4.78, 5) is 28.7. The number of nitrogens with one attached hydrogen (secondary N) is 1. The van der Waals surface area contributed by atoms with Gasteiger partial charge >= 0.3 is 5.97 Å². The SMILES string of the molecule is Cc1nc2ccccc2c(C)c1C(=O)OCC(=O)NCC1CCCO1. The van der Waals surface area contributed by atoms with E-state index in [1.807, 2.05) is 31.2 Å². The van der Waals surface area contributed by atoms with Gasteiger partial charge in [-0.05, 0) is 38.3 Å². The predicted molar refractivity (Wildman–Crippen MR) is 93.5 cm³/mol. The molecule has 1 unspecified atom stereocenters. The second-order valence-corrected chi connectivity index (χ2v) is 6.23. The van der Waals surface area contributed by atoms with Gasteiger partial charge in [0.15, 0.2) is 6.61 Å². The maximum absolute atomic E-state index is 12.4. The molecule has 1 atom stereocenters. The summed E-state index contributed by atoms with van der Waals surface area (Å²) in [6, 6.07) is 7.63. The molecule has 1 fully saturated rings. The number of carbonyl (C=O) groups is 2. The Kier molecular flexibility index (Phi) is 5.28. The van der Waals surface area contributed by atoms with E-state index in [0.29, 0.717) is 17.8 Å². The summed E-state index contributed by atoms with van der Waals surface area (Å²) in [5.41, 5.74) is 2.67. The van der Waals surface area contributed by atoms with E-state index in [1.54, 1.807) is 6.92 Å². The first-order valence-corrected chi connectivity index (χ1v) is 8.47. The molecule has 1 aliphatic rings. The fourth-order valence-electron chi connectivity index (χ4n) is 3.12. The van der Waals surface area contributed by atoms with E-state index < -0.39 is 5.97 Å². The molecule has 0 spiro atoms. The summed E-state index contributed by atoms with van der Waals surface area (Å²) in [5, 5.41) is 3.64. The van der Waals surface area contributed by atoms with Crippen molar-refractivity contribution in [2.75, 3.05) is 19.8 Å². The van der Waals surface area contributed by atoms with Crippen molar-refractivity contribution >= 4 is 22.8 Å². The van der Waals surface area contributed by atoms with Gasteiger partial charge in [0.25, 0.3) is 5.91 Å². The Labute approximate surface area is 146 Å². The second-order valence-electron chi connectivity index (χ2n) is 6.23. The topological polar surface area (TPSA) is 77.5 Å². The smallest absolute Gasteiger partial charge is 0.340 e. The number of rotatable bonds is 5. The first-order valence-electron chi connectivity index (χ1n) is 8.47. The molecule has 0 radical (unpaired) electrons. The van der Waals surface area contributed by atoms with Crippen molar-refractivity contribution in [1.29, 1.82) is 0 Å². The summed E-state index contributed by atoms with van der Waals surface area (Å²) in [6.45, 7) is 4.52. The normalized spacial score (nSPS) is 16.8. The largest absolute Gasteiger partial charge is 0.452 e. The van der Waals surface area contributed by atoms with Gasteiger partial charge in [-0.15, -0.1) is 0 Å². The molecule has 25 heavy (non-hydrogen) atoms. The highest BCUT2D eigenvalue weighted by molar-refractivity contribution is 5.99. The number of hydrogen-bond acceptors (Lipinski definition) is 5. The third-order valence-electron chi connectivity index (χ3n) is 4.42. The number of para-hydroxylation sites is 1. The van der Waals surface area contributed by atoms with Gasteiger partial charge in [-0.3, -0.25) is 9.78 Å². The number of pyridine rings is 1. The second kappa shape index (κ2) is 7.61. The quantitative estimate of drug-likeness (QED) is 0.844. The van der Waals surface area contributed by atoms with Crippen LogP contribution in [0.25, 0.3) is 10.9 Å². The monoisotopic (exact) mass is 342 g/mol. The molecule has 2 aromatic rings. The van der Waals surface area contributed by atoms with Crippen LogP contribution >= 0.6 is 0 Å². The minimum atomic E-state index is -0.527. The number of esters is 1. The first-order chi connectivity index (χ1) is 12.1. The van der Waals surface area contributed by atoms with Gasteiger partial charge < -0.3 is 14.8 Å². The summed E-state index contributed by atoms with van der Waals surface area (Å²) in [5.74, 6) is -0.853. The highest BCUT2D eigenvalue weighted by atomic mass is 16.5. The molecule has 6 heteroatoms. The molecule has 0 bridgehead atoms. The van der Waals surface area contributed by atoms with Crippen LogP contribution in [0.2, 0.25) is 0 Å².